The highest BCUT2D eigenvalue weighted by Gasteiger charge is 2.32. The Balaban J connectivity index is 1.44. The van der Waals surface area contributed by atoms with Crippen molar-refractivity contribution < 1.29 is 13.6 Å². The van der Waals surface area contributed by atoms with Gasteiger partial charge in [0.05, 0.1) is 18.8 Å². The van der Waals surface area contributed by atoms with E-state index < -0.39 is 0 Å². The van der Waals surface area contributed by atoms with Gasteiger partial charge in [-0.2, -0.15) is 0 Å². The van der Waals surface area contributed by atoms with Gasteiger partial charge in [0.2, 0.25) is 17.7 Å². The second kappa shape index (κ2) is 5.48. The van der Waals surface area contributed by atoms with Crippen molar-refractivity contribution in [2.24, 2.45) is 0 Å². The average Bonchev–Trinajstić information content (AvgIpc) is 3.08. The number of rotatable bonds is 4. The monoisotopic (exact) mass is 304 g/mol. The number of ether oxygens (including phenoxy) is 1. The van der Waals surface area contributed by atoms with E-state index in [-0.39, 0.29) is 12.2 Å². The van der Waals surface area contributed by atoms with Crippen molar-refractivity contribution in [2.75, 3.05) is 13.1 Å². The highest BCUT2D eigenvalue weighted by atomic mass is 16.5. The van der Waals surface area contributed by atoms with E-state index in [1.54, 1.807) is 6.92 Å². The molecule has 4 rings (SSSR count). The molecule has 7 nitrogen and oxygen atoms in total. The van der Waals surface area contributed by atoms with E-state index in [0.717, 1.165) is 18.2 Å². The van der Waals surface area contributed by atoms with Crippen LogP contribution in [0.15, 0.2) is 15.0 Å². The van der Waals surface area contributed by atoms with E-state index in [1.165, 1.54) is 12.8 Å². The molecule has 0 aromatic carbocycles. The zero-order valence-electron chi connectivity index (χ0n) is 12.9. The number of aromatic nitrogens is 3. The van der Waals surface area contributed by atoms with Crippen LogP contribution < -0.4 is 0 Å². The van der Waals surface area contributed by atoms with Crippen molar-refractivity contribution in [3.8, 4) is 0 Å². The Bertz CT molecular complexity index is 649. The molecular formula is C15H20N4O3. The lowest BCUT2D eigenvalue weighted by molar-refractivity contribution is -0.0933. The maximum atomic E-state index is 5.92. The van der Waals surface area contributed by atoms with E-state index in [4.69, 9.17) is 13.6 Å². The lowest BCUT2D eigenvalue weighted by Gasteiger charge is -2.34. The molecule has 0 unspecified atom stereocenters. The molecule has 0 spiro atoms. The SMILES string of the molecule is Cc1nnc([C@H]2CN(Cc3ncc(C4CC4)o3)C[C@@H](C)O2)o1. The second-order valence-corrected chi connectivity index (χ2v) is 6.22. The van der Waals surface area contributed by atoms with Gasteiger partial charge in [0.1, 0.15) is 11.9 Å². The Labute approximate surface area is 128 Å². The number of hydrogen-bond acceptors (Lipinski definition) is 7. The Morgan fingerprint density at radius 3 is 2.82 bits per heavy atom. The molecule has 2 atom stereocenters. The summed E-state index contributed by atoms with van der Waals surface area (Å²) in [6.45, 7) is 6.06. The number of oxazole rings is 1. The van der Waals surface area contributed by atoms with Crippen LogP contribution in [0.4, 0.5) is 0 Å². The summed E-state index contributed by atoms with van der Waals surface area (Å²) >= 11 is 0. The molecule has 0 radical (unpaired) electrons. The molecule has 7 heteroatoms. The first kappa shape index (κ1) is 13.9. The minimum absolute atomic E-state index is 0.101. The van der Waals surface area contributed by atoms with Crippen LogP contribution in [0.25, 0.3) is 0 Å². The zero-order valence-corrected chi connectivity index (χ0v) is 12.9. The molecule has 1 saturated heterocycles. The van der Waals surface area contributed by atoms with Crippen LogP contribution in [0, 0.1) is 6.92 Å². The second-order valence-electron chi connectivity index (χ2n) is 6.22. The number of aryl methyl sites for hydroxylation is 1. The third-order valence-electron chi connectivity index (χ3n) is 4.06. The van der Waals surface area contributed by atoms with Crippen LogP contribution in [-0.4, -0.2) is 39.3 Å². The van der Waals surface area contributed by atoms with Crippen molar-refractivity contribution in [1.82, 2.24) is 20.1 Å². The summed E-state index contributed by atoms with van der Waals surface area (Å²) in [4.78, 5) is 6.66. The molecule has 2 aromatic rings. The topological polar surface area (TPSA) is 77.4 Å². The van der Waals surface area contributed by atoms with Crippen LogP contribution in [0.3, 0.4) is 0 Å². The Morgan fingerprint density at radius 1 is 1.23 bits per heavy atom. The lowest BCUT2D eigenvalue weighted by Crippen LogP contribution is -2.42. The fraction of sp³-hybridized carbons (Fsp3) is 0.667. The Morgan fingerprint density at radius 2 is 2.09 bits per heavy atom. The summed E-state index contributed by atoms with van der Waals surface area (Å²) in [5.74, 6) is 3.50. The largest absolute Gasteiger partial charge is 0.444 e. The summed E-state index contributed by atoms with van der Waals surface area (Å²) in [5, 5.41) is 7.95. The van der Waals surface area contributed by atoms with E-state index >= 15 is 0 Å². The fourth-order valence-electron chi connectivity index (χ4n) is 2.89. The van der Waals surface area contributed by atoms with Gasteiger partial charge in [-0.15, -0.1) is 10.2 Å². The first-order chi connectivity index (χ1) is 10.7. The van der Waals surface area contributed by atoms with E-state index in [1.807, 2.05) is 13.1 Å². The molecule has 22 heavy (non-hydrogen) atoms. The molecule has 1 aliphatic heterocycles. The third kappa shape index (κ3) is 2.91. The average molecular weight is 304 g/mol. The molecule has 3 heterocycles. The Hall–Kier alpha value is -1.73. The number of nitrogens with zero attached hydrogens (tertiary/aromatic N) is 4. The first-order valence-electron chi connectivity index (χ1n) is 7.80. The summed E-state index contributed by atoms with van der Waals surface area (Å²) in [7, 11) is 0. The van der Waals surface area contributed by atoms with Crippen molar-refractivity contribution >= 4 is 0 Å². The van der Waals surface area contributed by atoms with Gasteiger partial charge in [-0.05, 0) is 19.8 Å². The van der Waals surface area contributed by atoms with Crippen LogP contribution in [0.1, 0.15) is 55.2 Å². The molecule has 1 aliphatic carbocycles. The molecule has 0 bridgehead atoms. The van der Waals surface area contributed by atoms with Crippen molar-refractivity contribution in [3.05, 3.63) is 29.6 Å². The van der Waals surface area contributed by atoms with E-state index in [9.17, 15) is 0 Å². The minimum Gasteiger partial charge on any atom is -0.444 e. The molecule has 0 amide bonds. The van der Waals surface area contributed by atoms with Gasteiger partial charge >= 0.3 is 0 Å². The van der Waals surface area contributed by atoms with Crippen LogP contribution in [0.5, 0.6) is 0 Å². The molecule has 0 N–H and O–H groups in total. The minimum atomic E-state index is -0.192. The van der Waals surface area contributed by atoms with Gasteiger partial charge in [-0.1, -0.05) is 0 Å². The van der Waals surface area contributed by atoms with E-state index in [2.05, 4.69) is 20.1 Å². The molecule has 2 aliphatic rings. The van der Waals surface area contributed by atoms with Crippen molar-refractivity contribution in [3.63, 3.8) is 0 Å². The molecule has 118 valence electrons. The first-order valence-corrected chi connectivity index (χ1v) is 7.80. The van der Waals surface area contributed by atoms with Gasteiger partial charge in [-0.3, -0.25) is 4.90 Å². The normalized spacial score (nSPS) is 26.5. The highest BCUT2D eigenvalue weighted by Crippen LogP contribution is 2.40. The van der Waals surface area contributed by atoms with E-state index in [0.29, 0.717) is 30.8 Å². The van der Waals surface area contributed by atoms with Gasteiger partial charge in [0.15, 0.2) is 0 Å². The summed E-state index contributed by atoms with van der Waals surface area (Å²) < 4.78 is 17.3. The smallest absolute Gasteiger partial charge is 0.246 e. The quantitative estimate of drug-likeness (QED) is 0.857. The fourth-order valence-corrected chi connectivity index (χ4v) is 2.89. The van der Waals surface area contributed by atoms with Crippen molar-refractivity contribution in [1.29, 1.82) is 0 Å². The third-order valence-corrected chi connectivity index (χ3v) is 4.06. The zero-order chi connectivity index (χ0) is 15.1. The summed E-state index contributed by atoms with van der Waals surface area (Å²) in [6.07, 6.45) is 4.23. The van der Waals surface area contributed by atoms with Gasteiger partial charge < -0.3 is 13.6 Å². The predicted octanol–water partition coefficient (Wildman–Crippen LogP) is 2.21. The molecule has 1 saturated carbocycles. The van der Waals surface area contributed by atoms with Crippen LogP contribution in [-0.2, 0) is 11.3 Å². The lowest BCUT2D eigenvalue weighted by atomic mass is 10.2. The molecule has 2 fully saturated rings. The van der Waals surface area contributed by atoms with Gasteiger partial charge in [0, 0.05) is 25.9 Å². The number of morpholine rings is 1. The molecule has 2 aromatic heterocycles. The van der Waals surface area contributed by atoms with Gasteiger partial charge in [0.25, 0.3) is 0 Å². The van der Waals surface area contributed by atoms with Crippen LogP contribution >= 0.6 is 0 Å². The summed E-state index contributed by atoms with van der Waals surface area (Å²) in [5.41, 5.74) is 0. The van der Waals surface area contributed by atoms with Gasteiger partial charge in [-0.25, -0.2) is 4.98 Å². The standard InChI is InChI=1S/C15H20N4O3/c1-9-6-19(7-13(20-9)15-18-17-10(2)21-15)8-14-16-5-12(22-14)11-3-4-11/h5,9,11,13H,3-4,6-8H2,1-2H3/t9-,13-/m1/s1. The van der Waals surface area contributed by atoms with Crippen LogP contribution in [0.2, 0.25) is 0 Å². The molecular weight excluding hydrogens is 284 g/mol. The highest BCUT2D eigenvalue weighted by molar-refractivity contribution is 5.08. The number of hydrogen-bond donors (Lipinski definition) is 0. The Kier molecular flexibility index (Phi) is 3.46. The summed E-state index contributed by atoms with van der Waals surface area (Å²) in [6, 6.07) is 0. The predicted molar refractivity (Wildman–Crippen MR) is 76.1 cm³/mol. The maximum absolute atomic E-state index is 5.92. The maximum Gasteiger partial charge on any atom is 0.246 e. The van der Waals surface area contributed by atoms with Crippen molar-refractivity contribution in [2.45, 2.75) is 51.4 Å².